The van der Waals surface area contributed by atoms with Crippen molar-refractivity contribution in [3.05, 3.63) is 58.6 Å². The molecule has 0 aromatic heterocycles. The molecule has 0 aliphatic carbocycles. The maximum absolute atomic E-state index is 11.9. The van der Waals surface area contributed by atoms with Crippen LogP contribution in [0.1, 0.15) is 17.5 Å². The number of aryl methyl sites for hydroxylation is 2. The summed E-state index contributed by atoms with van der Waals surface area (Å²) in [5.41, 5.74) is 4.01. The molecule has 0 spiro atoms. The summed E-state index contributed by atoms with van der Waals surface area (Å²) in [4.78, 5) is 11.9. The molecule has 2 aromatic rings. The highest BCUT2D eigenvalue weighted by molar-refractivity contribution is 6.30. The molecule has 0 saturated heterocycles. The number of benzene rings is 2. The lowest BCUT2D eigenvalue weighted by Crippen LogP contribution is -2.16. The van der Waals surface area contributed by atoms with E-state index < -0.39 is 0 Å². The predicted octanol–water partition coefficient (Wildman–Crippen LogP) is 4.40. The number of anilines is 2. The highest BCUT2D eigenvalue weighted by atomic mass is 35.5. The van der Waals surface area contributed by atoms with E-state index in [-0.39, 0.29) is 5.91 Å². The first-order valence-corrected chi connectivity index (χ1v) is 7.29. The zero-order chi connectivity index (χ0) is 15.2. The molecule has 0 atom stereocenters. The molecule has 4 heteroatoms. The van der Waals surface area contributed by atoms with Crippen molar-refractivity contribution in [2.24, 2.45) is 0 Å². The van der Waals surface area contributed by atoms with Crippen molar-refractivity contribution >= 4 is 28.9 Å². The van der Waals surface area contributed by atoms with Crippen molar-refractivity contribution in [1.82, 2.24) is 0 Å². The van der Waals surface area contributed by atoms with Crippen LogP contribution in [0.5, 0.6) is 0 Å². The number of amides is 1. The SMILES string of the molecule is Cc1ccc(NCCC(=O)Nc2ccc(Cl)cc2C)cc1. The molecule has 2 rings (SSSR count). The molecule has 21 heavy (non-hydrogen) atoms. The number of halogens is 1. The fourth-order valence-corrected chi connectivity index (χ4v) is 2.20. The Hall–Kier alpha value is -2.00. The van der Waals surface area contributed by atoms with Crippen molar-refractivity contribution < 1.29 is 4.79 Å². The molecule has 2 aromatic carbocycles. The van der Waals surface area contributed by atoms with Gasteiger partial charge in [0, 0.05) is 29.4 Å². The van der Waals surface area contributed by atoms with E-state index in [2.05, 4.69) is 10.6 Å². The summed E-state index contributed by atoms with van der Waals surface area (Å²) in [5, 5.41) is 6.80. The molecule has 0 aliphatic rings. The van der Waals surface area contributed by atoms with Crippen molar-refractivity contribution in [2.45, 2.75) is 20.3 Å². The molecule has 0 radical (unpaired) electrons. The van der Waals surface area contributed by atoms with Gasteiger partial charge in [0.25, 0.3) is 0 Å². The van der Waals surface area contributed by atoms with E-state index in [0.29, 0.717) is 18.0 Å². The summed E-state index contributed by atoms with van der Waals surface area (Å²) in [6.07, 6.45) is 0.413. The van der Waals surface area contributed by atoms with Crippen molar-refractivity contribution in [2.75, 3.05) is 17.2 Å². The summed E-state index contributed by atoms with van der Waals surface area (Å²) in [7, 11) is 0. The van der Waals surface area contributed by atoms with E-state index in [1.165, 1.54) is 5.56 Å². The Morgan fingerprint density at radius 2 is 1.81 bits per heavy atom. The average molecular weight is 303 g/mol. The van der Waals surface area contributed by atoms with E-state index >= 15 is 0 Å². The Labute approximate surface area is 130 Å². The second-order valence-electron chi connectivity index (χ2n) is 5.05. The van der Waals surface area contributed by atoms with E-state index in [1.54, 1.807) is 6.07 Å². The highest BCUT2D eigenvalue weighted by Crippen LogP contribution is 2.19. The van der Waals surface area contributed by atoms with Crippen LogP contribution in [0.3, 0.4) is 0 Å². The quantitative estimate of drug-likeness (QED) is 0.859. The second-order valence-corrected chi connectivity index (χ2v) is 5.49. The number of hydrogen-bond acceptors (Lipinski definition) is 2. The number of nitrogens with one attached hydrogen (secondary N) is 2. The van der Waals surface area contributed by atoms with Gasteiger partial charge in [0.1, 0.15) is 0 Å². The molecule has 1 amide bonds. The zero-order valence-electron chi connectivity index (χ0n) is 12.2. The Balaban J connectivity index is 1.81. The Bertz CT molecular complexity index is 623. The lowest BCUT2D eigenvalue weighted by atomic mass is 10.2. The van der Waals surface area contributed by atoms with Crippen LogP contribution < -0.4 is 10.6 Å². The van der Waals surface area contributed by atoms with Gasteiger partial charge in [-0.3, -0.25) is 4.79 Å². The summed E-state index contributed by atoms with van der Waals surface area (Å²) < 4.78 is 0. The van der Waals surface area contributed by atoms with E-state index in [9.17, 15) is 4.79 Å². The Morgan fingerprint density at radius 3 is 2.48 bits per heavy atom. The zero-order valence-corrected chi connectivity index (χ0v) is 13.0. The Kier molecular flexibility index (Phi) is 5.23. The Morgan fingerprint density at radius 1 is 1.10 bits per heavy atom. The smallest absolute Gasteiger partial charge is 0.226 e. The summed E-state index contributed by atoms with van der Waals surface area (Å²) in [5.74, 6) is -0.0139. The topological polar surface area (TPSA) is 41.1 Å². The van der Waals surface area contributed by atoms with Crippen molar-refractivity contribution in [3.8, 4) is 0 Å². The lowest BCUT2D eigenvalue weighted by molar-refractivity contribution is -0.115. The third kappa shape index (κ3) is 4.80. The second kappa shape index (κ2) is 7.14. The van der Waals surface area contributed by atoms with Gasteiger partial charge in [0.2, 0.25) is 5.91 Å². The summed E-state index contributed by atoms with van der Waals surface area (Å²) >= 11 is 5.89. The molecule has 0 saturated carbocycles. The van der Waals surface area contributed by atoms with Gasteiger partial charge in [0.05, 0.1) is 0 Å². The normalized spacial score (nSPS) is 10.2. The lowest BCUT2D eigenvalue weighted by Gasteiger charge is -2.10. The molecule has 3 nitrogen and oxygen atoms in total. The van der Waals surface area contributed by atoms with Gasteiger partial charge < -0.3 is 10.6 Å². The molecular weight excluding hydrogens is 284 g/mol. The van der Waals surface area contributed by atoms with E-state index in [1.807, 2.05) is 50.2 Å². The standard InChI is InChI=1S/C17H19ClN2O/c1-12-3-6-15(7-4-12)19-10-9-17(21)20-16-8-5-14(18)11-13(16)2/h3-8,11,19H,9-10H2,1-2H3,(H,20,21). The molecule has 0 bridgehead atoms. The largest absolute Gasteiger partial charge is 0.385 e. The molecule has 0 aliphatic heterocycles. The first kappa shape index (κ1) is 15.4. The van der Waals surface area contributed by atoms with Crippen LogP contribution in [-0.2, 0) is 4.79 Å². The minimum Gasteiger partial charge on any atom is -0.385 e. The van der Waals surface area contributed by atoms with Crippen LogP contribution in [-0.4, -0.2) is 12.5 Å². The third-order valence-electron chi connectivity index (χ3n) is 3.20. The van der Waals surface area contributed by atoms with Gasteiger partial charge in [-0.2, -0.15) is 0 Å². The third-order valence-corrected chi connectivity index (χ3v) is 3.43. The summed E-state index contributed by atoms with van der Waals surface area (Å²) in [6.45, 7) is 4.57. The van der Waals surface area contributed by atoms with Crippen LogP contribution in [0.15, 0.2) is 42.5 Å². The number of hydrogen-bond donors (Lipinski definition) is 2. The first-order valence-electron chi connectivity index (χ1n) is 6.91. The fraction of sp³-hybridized carbons (Fsp3) is 0.235. The maximum Gasteiger partial charge on any atom is 0.226 e. The molecule has 0 fully saturated rings. The van der Waals surface area contributed by atoms with Crippen LogP contribution in [0.2, 0.25) is 5.02 Å². The van der Waals surface area contributed by atoms with Gasteiger partial charge in [-0.25, -0.2) is 0 Å². The van der Waals surface area contributed by atoms with Crippen LogP contribution >= 0.6 is 11.6 Å². The number of carbonyl (C=O) groups excluding carboxylic acids is 1. The molecular formula is C17H19ClN2O. The minimum absolute atomic E-state index is 0.0139. The molecule has 110 valence electrons. The predicted molar refractivity (Wildman–Crippen MR) is 89.1 cm³/mol. The van der Waals surface area contributed by atoms with Gasteiger partial charge in [-0.1, -0.05) is 29.3 Å². The average Bonchev–Trinajstić information content (AvgIpc) is 2.44. The minimum atomic E-state index is -0.0139. The highest BCUT2D eigenvalue weighted by Gasteiger charge is 2.05. The molecule has 2 N–H and O–H groups in total. The van der Waals surface area contributed by atoms with Crippen LogP contribution in [0.4, 0.5) is 11.4 Å². The van der Waals surface area contributed by atoms with Gasteiger partial charge in [-0.05, 0) is 49.7 Å². The summed E-state index contributed by atoms with van der Waals surface area (Å²) in [6, 6.07) is 13.5. The van der Waals surface area contributed by atoms with E-state index in [4.69, 9.17) is 11.6 Å². The number of rotatable bonds is 5. The molecule has 0 heterocycles. The maximum atomic E-state index is 11.9. The van der Waals surface area contributed by atoms with E-state index in [0.717, 1.165) is 16.9 Å². The first-order chi connectivity index (χ1) is 10.0. The van der Waals surface area contributed by atoms with Crippen molar-refractivity contribution in [3.63, 3.8) is 0 Å². The van der Waals surface area contributed by atoms with Crippen molar-refractivity contribution in [1.29, 1.82) is 0 Å². The monoisotopic (exact) mass is 302 g/mol. The number of carbonyl (C=O) groups is 1. The fourth-order valence-electron chi connectivity index (χ4n) is 1.97. The van der Waals surface area contributed by atoms with Crippen LogP contribution in [0.25, 0.3) is 0 Å². The molecule has 0 unspecified atom stereocenters. The van der Waals surface area contributed by atoms with Crippen LogP contribution in [0, 0.1) is 13.8 Å². The van der Waals surface area contributed by atoms with Gasteiger partial charge >= 0.3 is 0 Å². The van der Waals surface area contributed by atoms with Gasteiger partial charge in [0.15, 0.2) is 0 Å². The van der Waals surface area contributed by atoms with Gasteiger partial charge in [-0.15, -0.1) is 0 Å².